The Bertz CT molecular complexity index is 252. The van der Waals surface area contributed by atoms with Gasteiger partial charge in [0.2, 0.25) is 0 Å². The molecule has 13 heavy (non-hydrogen) atoms. The molecule has 72 valence electrons. The number of hydrogen-bond acceptors (Lipinski definition) is 4. The van der Waals surface area contributed by atoms with Gasteiger partial charge in [-0.05, 0) is 13.0 Å². The minimum atomic E-state index is 0.726. The van der Waals surface area contributed by atoms with Gasteiger partial charge in [-0.15, -0.1) is 0 Å². The van der Waals surface area contributed by atoms with Gasteiger partial charge in [-0.2, -0.15) is 0 Å². The van der Waals surface area contributed by atoms with Crippen LogP contribution >= 0.6 is 0 Å². The summed E-state index contributed by atoms with van der Waals surface area (Å²) in [5, 5.41) is 3.21. The predicted octanol–water partition coefficient (Wildman–Crippen LogP) is 0.521. The summed E-state index contributed by atoms with van der Waals surface area (Å²) in [6.45, 7) is 4.30. The van der Waals surface area contributed by atoms with E-state index in [2.05, 4.69) is 15.3 Å². The molecule has 0 amide bonds. The molecule has 0 spiro atoms. The Morgan fingerprint density at radius 3 is 3.00 bits per heavy atom. The number of rotatable bonds is 5. The maximum Gasteiger partial charge on any atom is 0.115 e. The van der Waals surface area contributed by atoms with Gasteiger partial charge in [0.15, 0.2) is 0 Å². The van der Waals surface area contributed by atoms with Gasteiger partial charge < -0.3 is 10.1 Å². The third kappa shape index (κ3) is 3.96. The van der Waals surface area contributed by atoms with E-state index < -0.39 is 0 Å². The van der Waals surface area contributed by atoms with E-state index in [1.54, 1.807) is 13.4 Å². The van der Waals surface area contributed by atoms with E-state index in [1.807, 2.05) is 13.0 Å². The van der Waals surface area contributed by atoms with Crippen LogP contribution in [0.25, 0.3) is 0 Å². The molecule has 0 bridgehead atoms. The maximum atomic E-state index is 4.91. The van der Waals surface area contributed by atoms with E-state index >= 15 is 0 Å². The summed E-state index contributed by atoms with van der Waals surface area (Å²) in [7, 11) is 1.69. The van der Waals surface area contributed by atoms with Gasteiger partial charge >= 0.3 is 0 Å². The molecule has 0 aliphatic carbocycles. The zero-order valence-electron chi connectivity index (χ0n) is 8.08. The first-order valence-electron chi connectivity index (χ1n) is 4.30. The SMILES string of the molecule is COCCNCc1cc(C)ncn1. The van der Waals surface area contributed by atoms with Crippen molar-refractivity contribution in [1.29, 1.82) is 0 Å². The zero-order chi connectivity index (χ0) is 9.52. The number of nitrogens with zero attached hydrogens (tertiary/aromatic N) is 2. The second-order valence-electron chi connectivity index (χ2n) is 2.82. The normalized spacial score (nSPS) is 10.3. The highest BCUT2D eigenvalue weighted by Crippen LogP contribution is 1.94. The average molecular weight is 181 g/mol. The number of ether oxygens (including phenoxy) is 1. The molecule has 0 atom stereocenters. The van der Waals surface area contributed by atoms with Gasteiger partial charge in [0, 0.05) is 25.9 Å². The monoisotopic (exact) mass is 181 g/mol. The number of methoxy groups -OCH3 is 1. The van der Waals surface area contributed by atoms with Crippen LogP contribution in [0.1, 0.15) is 11.4 Å². The van der Waals surface area contributed by atoms with Crippen molar-refractivity contribution in [3.63, 3.8) is 0 Å². The lowest BCUT2D eigenvalue weighted by molar-refractivity contribution is 0.199. The summed E-state index contributed by atoms with van der Waals surface area (Å²) in [5.74, 6) is 0. The molecule has 4 nitrogen and oxygen atoms in total. The molecule has 1 rings (SSSR count). The summed E-state index contributed by atoms with van der Waals surface area (Å²) in [6, 6.07) is 1.97. The largest absolute Gasteiger partial charge is 0.383 e. The molecule has 1 aromatic rings. The number of aryl methyl sites for hydroxylation is 1. The highest BCUT2D eigenvalue weighted by atomic mass is 16.5. The molecule has 0 aromatic carbocycles. The summed E-state index contributed by atoms with van der Waals surface area (Å²) in [6.07, 6.45) is 1.59. The van der Waals surface area contributed by atoms with Crippen LogP contribution < -0.4 is 5.32 Å². The molecule has 0 aliphatic rings. The molecule has 0 saturated heterocycles. The Morgan fingerprint density at radius 2 is 2.31 bits per heavy atom. The quantitative estimate of drug-likeness (QED) is 0.673. The number of aromatic nitrogens is 2. The fraction of sp³-hybridized carbons (Fsp3) is 0.556. The lowest BCUT2D eigenvalue weighted by Crippen LogP contribution is -2.19. The zero-order valence-corrected chi connectivity index (χ0v) is 8.08. The lowest BCUT2D eigenvalue weighted by atomic mass is 10.3. The number of hydrogen-bond donors (Lipinski definition) is 1. The predicted molar refractivity (Wildman–Crippen MR) is 50.4 cm³/mol. The third-order valence-electron chi connectivity index (χ3n) is 1.65. The van der Waals surface area contributed by atoms with Gasteiger partial charge in [-0.1, -0.05) is 0 Å². The Balaban J connectivity index is 2.28. The van der Waals surface area contributed by atoms with Gasteiger partial charge in [-0.25, -0.2) is 9.97 Å². The van der Waals surface area contributed by atoms with Gasteiger partial charge in [0.05, 0.1) is 12.3 Å². The topological polar surface area (TPSA) is 47.0 Å². The van der Waals surface area contributed by atoms with Crippen LogP contribution in [0.3, 0.4) is 0 Å². The molecule has 1 aromatic heterocycles. The molecule has 0 radical (unpaired) electrons. The summed E-state index contributed by atoms with van der Waals surface area (Å²) in [4.78, 5) is 8.14. The van der Waals surface area contributed by atoms with Crippen molar-refractivity contribution in [3.05, 3.63) is 23.8 Å². The molecular formula is C9H15N3O. The Labute approximate surface area is 78.4 Å². The first kappa shape index (κ1) is 10.1. The van der Waals surface area contributed by atoms with Crippen LogP contribution in [0.4, 0.5) is 0 Å². The molecule has 0 unspecified atom stereocenters. The first-order chi connectivity index (χ1) is 6.33. The van der Waals surface area contributed by atoms with Crippen LogP contribution in [0.5, 0.6) is 0 Å². The lowest BCUT2D eigenvalue weighted by Gasteiger charge is -2.03. The van der Waals surface area contributed by atoms with E-state index in [1.165, 1.54) is 0 Å². The smallest absolute Gasteiger partial charge is 0.115 e. The Hall–Kier alpha value is -1.00. The molecule has 1 heterocycles. The molecule has 1 N–H and O–H groups in total. The van der Waals surface area contributed by atoms with E-state index in [0.29, 0.717) is 0 Å². The summed E-state index contributed by atoms with van der Waals surface area (Å²) < 4.78 is 4.91. The van der Waals surface area contributed by atoms with E-state index in [0.717, 1.165) is 31.1 Å². The van der Waals surface area contributed by atoms with Gasteiger partial charge in [0.1, 0.15) is 6.33 Å². The van der Waals surface area contributed by atoms with Crippen molar-refractivity contribution in [2.45, 2.75) is 13.5 Å². The van der Waals surface area contributed by atoms with Crippen molar-refractivity contribution in [1.82, 2.24) is 15.3 Å². The molecule has 4 heteroatoms. The minimum Gasteiger partial charge on any atom is -0.383 e. The van der Waals surface area contributed by atoms with Crippen molar-refractivity contribution in [2.75, 3.05) is 20.3 Å². The minimum absolute atomic E-state index is 0.726. The van der Waals surface area contributed by atoms with Crippen molar-refractivity contribution in [3.8, 4) is 0 Å². The van der Waals surface area contributed by atoms with E-state index in [9.17, 15) is 0 Å². The highest BCUT2D eigenvalue weighted by Gasteiger charge is 1.94. The van der Waals surface area contributed by atoms with Crippen LogP contribution in [-0.2, 0) is 11.3 Å². The van der Waals surface area contributed by atoms with Gasteiger partial charge in [0.25, 0.3) is 0 Å². The van der Waals surface area contributed by atoms with E-state index in [4.69, 9.17) is 4.74 Å². The highest BCUT2D eigenvalue weighted by molar-refractivity contribution is 5.05. The van der Waals surface area contributed by atoms with Crippen molar-refractivity contribution in [2.24, 2.45) is 0 Å². The van der Waals surface area contributed by atoms with Gasteiger partial charge in [-0.3, -0.25) is 0 Å². The Morgan fingerprint density at radius 1 is 1.46 bits per heavy atom. The van der Waals surface area contributed by atoms with Crippen molar-refractivity contribution >= 4 is 0 Å². The molecule has 0 aliphatic heterocycles. The standard InChI is InChI=1S/C9H15N3O/c1-8-5-9(12-7-11-8)6-10-3-4-13-2/h5,7,10H,3-4,6H2,1-2H3. The second kappa shape index (κ2) is 5.61. The maximum absolute atomic E-state index is 4.91. The molecule has 0 saturated carbocycles. The summed E-state index contributed by atoms with van der Waals surface area (Å²) >= 11 is 0. The molecular weight excluding hydrogens is 166 g/mol. The van der Waals surface area contributed by atoms with Crippen LogP contribution in [0, 0.1) is 6.92 Å². The Kier molecular flexibility index (Phi) is 4.35. The average Bonchev–Trinajstić information content (AvgIpc) is 2.13. The van der Waals surface area contributed by atoms with Crippen LogP contribution in [0.15, 0.2) is 12.4 Å². The van der Waals surface area contributed by atoms with Crippen LogP contribution in [-0.4, -0.2) is 30.2 Å². The van der Waals surface area contributed by atoms with E-state index in [-0.39, 0.29) is 0 Å². The first-order valence-corrected chi connectivity index (χ1v) is 4.30. The molecule has 0 fully saturated rings. The third-order valence-corrected chi connectivity index (χ3v) is 1.65. The van der Waals surface area contributed by atoms with Crippen LogP contribution in [0.2, 0.25) is 0 Å². The fourth-order valence-electron chi connectivity index (χ4n) is 0.997. The summed E-state index contributed by atoms with van der Waals surface area (Å²) in [5.41, 5.74) is 2.02. The van der Waals surface area contributed by atoms with Crippen molar-refractivity contribution < 1.29 is 4.74 Å². The fourth-order valence-corrected chi connectivity index (χ4v) is 0.997. The number of nitrogens with one attached hydrogen (secondary N) is 1. The second-order valence-corrected chi connectivity index (χ2v) is 2.82.